The standard InChI is InChI=1S/C7H11NO4.ClH/c9-6(10)4-2-1-3-5(8-4)7(11)12;/h4-5,8H,1-3H2,(H,9,10)(H,11,12);1H/t4-,5+;. The Labute approximate surface area is 81.5 Å². The van der Waals surface area contributed by atoms with Crippen molar-refractivity contribution in [3.05, 3.63) is 0 Å². The number of aliphatic carboxylic acids is 2. The van der Waals surface area contributed by atoms with Gasteiger partial charge >= 0.3 is 11.9 Å². The topological polar surface area (TPSA) is 86.6 Å². The first-order valence-corrected chi connectivity index (χ1v) is 3.83. The minimum atomic E-state index is -0.971. The molecule has 0 spiro atoms. The van der Waals surface area contributed by atoms with Crippen molar-refractivity contribution in [2.75, 3.05) is 0 Å². The zero-order chi connectivity index (χ0) is 9.14. The van der Waals surface area contributed by atoms with Gasteiger partial charge in [0, 0.05) is 0 Å². The lowest BCUT2D eigenvalue weighted by Crippen LogP contribution is -2.50. The van der Waals surface area contributed by atoms with E-state index in [2.05, 4.69) is 5.32 Å². The molecular formula is C7H12ClNO4. The van der Waals surface area contributed by atoms with Crippen LogP contribution in [-0.2, 0) is 9.59 Å². The van der Waals surface area contributed by atoms with Crippen molar-refractivity contribution >= 4 is 24.3 Å². The Morgan fingerprint density at radius 2 is 1.46 bits per heavy atom. The number of hydrogen-bond acceptors (Lipinski definition) is 3. The van der Waals surface area contributed by atoms with Gasteiger partial charge in [-0.05, 0) is 19.3 Å². The Balaban J connectivity index is 0.00000144. The van der Waals surface area contributed by atoms with Gasteiger partial charge in [0.05, 0.1) is 0 Å². The van der Waals surface area contributed by atoms with Crippen molar-refractivity contribution in [3.8, 4) is 0 Å². The van der Waals surface area contributed by atoms with E-state index in [1.54, 1.807) is 0 Å². The lowest BCUT2D eigenvalue weighted by atomic mass is 9.99. The molecule has 0 aromatic heterocycles. The molecule has 0 amide bonds. The lowest BCUT2D eigenvalue weighted by molar-refractivity contribution is -0.144. The molecule has 76 valence electrons. The van der Waals surface area contributed by atoms with Crippen molar-refractivity contribution in [2.45, 2.75) is 31.3 Å². The van der Waals surface area contributed by atoms with Crippen LogP contribution in [0.2, 0.25) is 0 Å². The molecule has 1 fully saturated rings. The van der Waals surface area contributed by atoms with Gasteiger partial charge in [0.1, 0.15) is 12.1 Å². The van der Waals surface area contributed by atoms with Crippen LogP contribution in [0.1, 0.15) is 19.3 Å². The highest BCUT2D eigenvalue weighted by Crippen LogP contribution is 2.12. The first-order chi connectivity index (χ1) is 5.61. The van der Waals surface area contributed by atoms with Crippen molar-refractivity contribution in [2.24, 2.45) is 0 Å². The molecule has 0 bridgehead atoms. The minimum absolute atomic E-state index is 0. The second kappa shape index (κ2) is 5.04. The van der Waals surface area contributed by atoms with E-state index < -0.39 is 24.0 Å². The molecule has 0 aliphatic carbocycles. The fourth-order valence-corrected chi connectivity index (χ4v) is 1.33. The number of piperidine rings is 1. The molecule has 0 saturated carbocycles. The summed E-state index contributed by atoms with van der Waals surface area (Å²) in [4.78, 5) is 20.9. The monoisotopic (exact) mass is 209 g/mol. The van der Waals surface area contributed by atoms with E-state index in [0.29, 0.717) is 19.3 Å². The van der Waals surface area contributed by atoms with E-state index in [9.17, 15) is 9.59 Å². The van der Waals surface area contributed by atoms with E-state index in [-0.39, 0.29) is 12.4 Å². The quantitative estimate of drug-likeness (QED) is 0.600. The van der Waals surface area contributed by atoms with E-state index in [4.69, 9.17) is 10.2 Å². The molecule has 0 radical (unpaired) electrons. The van der Waals surface area contributed by atoms with Gasteiger partial charge in [-0.25, -0.2) is 0 Å². The number of rotatable bonds is 2. The van der Waals surface area contributed by atoms with Crippen LogP contribution < -0.4 is 5.32 Å². The number of carboxylic acid groups (broad SMARTS) is 2. The first kappa shape index (κ1) is 12.2. The maximum atomic E-state index is 10.5. The third kappa shape index (κ3) is 3.20. The zero-order valence-corrected chi connectivity index (χ0v) is 7.71. The highest BCUT2D eigenvalue weighted by molar-refractivity contribution is 5.85. The average molecular weight is 210 g/mol. The van der Waals surface area contributed by atoms with Crippen LogP contribution in [0.5, 0.6) is 0 Å². The largest absolute Gasteiger partial charge is 0.480 e. The summed E-state index contributed by atoms with van der Waals surface area (Å²) in [5, 5.41) is 19.7. The second-order valence-electron chi connectivity index (χ2n) is 2.88. The third-order valence-corrected chi connectivity index (χ3v) is 1.98. The summed E-state index contributed by atoms with van der Waals surface area (Å²) in [5.41, 5.74) is 0. The molecule has 1 saturated heterocycles. The van der Waals surface area contributed by atoms with Gasteiger partial charge < -0.3 is 10.2 Å². The minimum Gasteiger partial charge on any atom is -0.480 e. The second-order valence-corrected chi connectivity index (χ2v) is 2.88. The Kier molecular flexibility index (Phi) is 4.72. The number of carbonyl (C=O) groups is 2. The van der Waals surface area contributed by atoms with Crippen LogP contribution in [0.4, 0.5) is 0 Å². The van der Waals surface area contributed by atoms with Crippen LogP contribution >= 0.6 is 12.4 Å². The van der Waals surface area contributed by atoms with Crippen molar-refractivity contribution < 1.29 is 19.8 Å². The molecular weight excluding hydrogens is 198 g/mol. The van der Waals surface area contributed by atoms with Gasteiger partial charge in [-0.2, -0.15) is 0 Å². The smallest absolute Gasteiger partial charge is 0.320 e. The maximum absolute atomic E-state index is 10.5. The van der Waals surface area contributed by atoms with E-state index in [1.807, 2.05) is 0 Å². The SMILES string of the molecule is Cl.O=C(O)[C@@H]1CCC[C@H](C(=O)O)N1. The molecule has 6 heteroatoms. The number of carboxylic acids is 2. The number of halogens is 1. The fraction of sp³-hybridized carbons (Fsp3) is 0.714. The average Bonchev–Trinajstić information content (AvgIpc) is 2.04. The summed E-state index contributed by atoms with van der Waals surface area (Å²) in [5.74, 6) is -1.94. The van der Waals surface area contributed by atoms with Crippen LogP contribution in [0.25, 0.3) is 0 Å². The van der Waals surface area contributed by atoms with Crippen LogP contribution in [0.15, 0.2) is 0 Å². The predicted octanol–water partition coefficient (Wildman–Crippen LogP) is 0.0881. The summed E-state index contributed by atoms with van der Waals surface area (Å²) >= 11 is 0. The highest BCUT2D eigenvalue weighted by Gasteiger charge is 2.29. The molecule has 1 aliphatic rings. The summed E-state index contributed by atoms with van der Waals surface area (Å²) in [7, 11) is 0. The van der Waals surface area contributed by atoms with Gasteiger partial charge in [-0.3, -0.25) is 14.9 Å². The summed E-state index contributed by atoms with van der Waals surface area (Å²) in [6, 6.07) is -1.39. The van der Waals surface area contributed by atoms with Crippen LogP contribution in [0.3, 0.4) is 0 Å². The van der Waals surface area contributed by atoms with Crippen LogP contribution in [-0.4, -0.2) is 34.2 Å². The molecule has 3 N–H and O–H groups in total. The van der Waals surface area contributed by atoms with E-state index in [0.717, 1.165) is 0 Å². The molecule has 1 heterocycles. The molecule has 0 aromatic rings. The molecule has 0 aromatic carbocycles. The normalized spacial score (nSPS) is 27.4. The molecule has 0 unspecified atom stereocenters. The summed E-state index contributed by atoms with van der Waals surface area (Å²) in [6.07, 6.45) is 1.68. The van der Waals surface area contributed by atoms with Gasteiger partial charge in [0.25, 0.3) is 0 Å². The van der Waals surface area contributed by atoms with Crippen molar-refractivity contribution in [1.29, 1.82) is 0 Å². The number of nitrogens with one attached hydrogen (secondary N) is 1. The van der Waals surface area contributed by atoms with Crippen molar-refractivity contribution in [3.63, 3.8) is 0 Å². The summed E-state index contributed by atoms with van der Waals surface area (Å²) < 4.78 is 0. The summed E-state index contributed by atoms with van der Waals surface area (Å²) in [6.45, 7) is 0. The molecule has 13 heavy (non-hydrogen) atoms. The zero-order valence-electron chi connectivity index (χ0n) is 6.90. The number of hydrogen-bond donors (Lipinski definition) is 3. The third-order valence-electron chi connectivity index (χ3n) is 1.98. The van der Waals surface area contributed by atoms with E-state index >= 15 is 0 Å². The van der Waals surface area contributed by atoms with Crippen LogP contribution in [0, 0.1) is 0 Å². The molecule has 1 aliphatic heterocycles. The Morgan fingerprint density at radius 3 is 1.77 bits per heavy atom. The van der Waals surface area contributed by atoms with E-state index in [1.165, 1.54) is 0 Å². The van der Waals surface area contributed by atoms with Gasteiger partial charge in [0.15, 0.2) is 0 Å². The van der Waals surface area contributed by atoms with Gasteiger partial charge in [0.2, 0.25) is 0 Å². The highest BCUT2D eigenvalue weighted by atomic mass is 35.5. The molecule has 2 atom stereocenters. The Bertz CT molecular complexity index is 189. The van der Waals surface area contributed by atoms with Crippen molar-refractivity contribution in [1.82, 2.24) is 5.32 Å². The lowest BCUT2D eigenvalue weighted by Gasteiger charge is -2.25. The maximum Gasteiger partial charge on any atom is 0.320 e. The predicted molar refractivity (Wildman–Crippen MR) is 47.1 cm³/mol. The first-order valence-electron chi connectivity index (χ1n) is 3.83. The van der Waals surface area contributed by atoms with Gasteiger partial charge in [-0.15, -0.1) is 12.4 Å². The Morgan fingerprint density at radius 1 is 1.08 bits per heavy atom. The molecule has 5 nitrogen and oxygen atoms in total. The molecule has 1 rings (SSSR count). The fourth-order valence-electron chi connectivity index (χ4n) is 1.33. The van der Waals surface area contributed by atoms with Gasteiger partial charge in [-0.1, -0.05) is 0 Å². The Hall–Kier alpha value is -0.810.